The van der Waals surface area contributed by atoms with Crippen molar-refractivity contribution in [2.24, 2.45) is 5.73 Å². The number of hydrogen-bond donors (Lipinski definition) is 3. The molecule has 0 aliphatic carbocycles. The number of nitrogens with zero attached hydrogens (tertiary/aromatic N) is 3. The summed E-state index contributed by atoms with van der Waals surface area (Å²) < 4.78 is 1.77. The molecule has 1 unspecified atom stereocenters. The van der Waals surface area contributed by atoms with Crippen molar-refractivity contribution in [2.45, 2.75) is 38.5 Å². The zero-order chi connectivity index (χ0) is 19.7. The van der Waals surface area contributed by atoms with Crippen LogP contribution in [-0.2, 0) is 29.2 Å². The summed E-state index contributed by atoms with van der Waals surface area (Å²) in [5, 5.41) is 9.81. The fraction of sp³-hybridized carbons (Fsp3) is 0.368. The van der Waals surface area contributed by atoms with Crippen molar-refractivity contribution in [3.8, 4) is 0 Å². The number of rotatable bonds is 6. The lowest BCUT2D eigenvalue weighted by Crippen LogP contribution is -2.52. The number of hydrogen-bond acceptors (Lipinski definition) is 6. The second-order valence-electron chi connectivity index (χ2n) is 7.03. The smallest absolute Gasteiger partial charge is 0.255 e. The maximum Gasteiger partial charge on any atom is 0.255 e. The van der Waals surface area contributed by atoms with Gasteiger partial charge in [0.15, 0.2) is 0 Å². The Bertz CT molecular complexity index is 938. The van der Waals surface area contributed by atoms with E-state index in [1.54, 1.807) is 15.8 Å². The molecule has 1 aromatic carbocycles. The van der Waals surface area contributed by atoms with E-state index in [0.717, 1.165) is 16.8 Å². The van der Waals surface area contributed by atoms with E-state index >= 15 is 0 Å². The monoisotopic (exact) mass is 382 g/mol. The number of imide groups is 1. The third-order valence-corrected chi connectivity index (χ3v) is 5.08. The van der Waals surface area contributed by atoms with Crippen molar-refractivity contribution in [2.75, 3.05) is 11.9 Å². The highest BCUT2D eigenvalue weighted by atomic mass is 16.2. The van der Waals surface area contributed by atoms with Gasteiger partial charge in [-0.3, -0.25) is 24.4 Å². The molecule has 3 amide bonds. The lowest BCUT2D eigenvalue weighted by Gasteiger charge is -2.29. The summed E-state index contributed by atoms with van der Waals surface area (Å²) in [6, 6.07) is 5.17. The van der Waals surface area contributed by atoms with E-state index < -0.39 is 11.9 Å². The number of piperidine rings is 1. The van der Waals surface area contributed by atoms with Gasteiger partial charge in [-0.1, -0.05) is 12.1 Å². The van der Waals surface area contributed by atoms with Gasteiger partial charge in [-0.25, -0.2) is 0 Å². The van der Waals surface area contributed by atoms with Crippen LogP contribution >= 0.6 is 0 Å². The Morgan fingerprint density at radius 2 is 2.14 bits per heavy atom. The van der Waals surface area contributed by atoms with Crippen LogP contribution in [0.15, 0.2) is 30.6 Å². The molecule has 1 saturated heterocycles. The number of benzene rings is 1. The molecular formula is C19H22N6O3. The molecule has 2 aliphatic heterocycles. The normalized spacial score (nSPS) is 19.0. The molecule has 0 spiro atoms. The molecule has 0 radical (unpaired) electrons. The van der Waals surface area contributed by atoms with Crippen molar-refractivity contribution in [3.05, 3.63) is 47.3 Å². The van der Waals surface area contributed by atoms with Crippen molar-refractivity contribution >= 4 is 23.4 Å². The van der Waals surface area contributed by atoms with Crippen LogP contribution in [0.1, 0.15) is 34.3 Å². The minimum atomic E-state index is -0.590. The van der Waals surface area contributed by atoms with Crippen LogP contribution in [0.2, 0.25) is 0 Å². The van der Waals surface area contributed by atoms with Crippen LogP contribution in [-0.4, -0.2) is 45.0 Å². The molecule has 1 aromatic heterocycles. The minimum absolute atomic E-state index is 0.165. The van der Waals surface area contributed by atoms with Crippen molar-refractivity contribution < 1.29 is 14.4 Å². The maximum absolute atomic E-state index is 12.8. The molecule has 0 saturated carbocycles. The topological polar surface area (TPSA) is 122 Å². The third-order valence-electron chi connectivity index (χ3n) is 5.08. The second kappa shape index (κ2) is 7.43. The number of carbonyl (C=O) groups is 3. The fourth-order valence-corrected chi connectivity index (χ4v) is 3.63. The Kier molecular flexibility index (Phi) is 4.82. The summed E-state index contributed by atoms with van der Waals surface area (Å²) in [4.78, 5) is 37.9. The highest BCUT2D eigenvalue weighted by Gasteiger charge is 2.39. The van der Waals surface area contributed by atoms with Gasteiger partial charge in [0.25, 0.3) is 5.91 Å². The predicted octanol–water partition coefficient (Wildman–Crippen LogP) is 0.215. The fourth-order valence-electron chi connectivity index (χ4n) is 3.63. The summed E-state index contributed by atoms with van der Waals surface area (Å²) in [7, 11) is 0. The average molecular weight is 382 g/mol. The Labute approximate surface area is 161 Å². The van der Waals surface area contributed by atoms with E-state index in [9.17, 15) is 14.4 Å². The summed E-state index contributed by atoms with van der Waals surface area (Å²) >= 11 is 0. The van der Waals surface area contributed by atoms with Gasteiger partial charge >= 0.3 is 0 Å². The molecule has 28 heavy (non-hydrogen) atoms. The van der Waals surface area contributed by atoms with Crippen LogP contribution in [0.5, 0.6) is 0 Å². The van der Waals surface area contributed by atoms with Crippen LogP contribution in [0.4, 0.5) is 5.69 Å². The van der Waals surface area contributed by atoms with Crippen LogP contribution in [0.25, 0.3) is 0 Å². The number of nitrogens with two attached hydrogens (primary N) is 1. The van der Waals surface area contributed by atoms with Crippen LogP contribution in [0.3, 0.4) is 0 Å². The number of anilines is 1. The first kappa shape index (κ1) is 18.2. The number of carbonyl (C=O) groups excluding carboxylic acids is 3. The van der Waals surface area contributed by atoms with Gasteiger partial charge in [-0.15, -0.1) is 0 Å². The predicted molar refractivity (Wildman–Crippen MR) is 101 cm³/mol. The first-order valence-corrected chi connectivity index (χ1v) is 9.28. The SMILES string of the molecule is NCCn1cc(NCc2ccc3c(c2)C(=O)N(C2CCC(=O)NC2=O)C3)cn1. The standard InChI is InChI=1S/C19H22N6O3/c20-5-6-24-11-14(9-22-24)21-8-12-1-2-13-10-25(19(28)15(13)7-12)16-3-4-17(26)23-18(16)27/h1-2,7,9,11,16,21H,3-6,8,10,20H2,(H,23,26,27). The molecular weight excluding hydrogens is 360 g/mol. The Morgan fingerprint density at radius 3 is 2.93 bits per heavy atom. The molecule has 3 heterocycles. The molecule has 1 atom stereocenters. The number of amides is 3. The number of aromatic nitrogens is 2. The van der Waals surface area contributed by atoms with Crippen molar-refractivity contribution in [1.29, 1.82) is 0 Å². The van der Waals surface area contributed by atoms with Crippen LogP contribution in [0, 0.1) is 0 Å². The zero-order valence-electron chi connectivity index (χ0n) is 15.4. The van der Waals surface area contributed by atoms with Gasteiger partial charge in [0.2, 0.25) is 11.8 Å². The van der Waals surface area contributed by atoms with Crippen molar-refractivity contribution in [1.82, 2.24) is 20.0 Å². The van der Waals surface area contributed by atoms with Gasteiger partial charge in [0, 0.05) is 37.8 Å². The third kappa shape index (κ3) is 3.48. The number of nitrogens with one attached hydrogen (secondary N) is 2. The van der Waals surface area contributed by atoms with Gasteiger partial charge in [-0.2, -0.15) is 5.10 Å². The molecule has 9 heteroatoms. The van der Waals surface area contributed by atoms with Crippen LogP contribution < -0.4 is 16.4 Å². The first-order valence-electron chi connectivity index (χ1n) is 9.28. The number of fused-ring (bicyclic) bond motifs is 1. The molecule has 9 nitrogen and oxygen atoms in total. The van der Waals surface area contributed by atoms with Gasteiger partial charge in [-0.05, 0) is 23.6 Å². The quantitative estimate of drug-likeness (QED) is 0.614. The molecule has 4 N–H and O–H groups in total. The molecule has 146 valence electrons. The molecule has 2 aromatic rings. The molecule has 0 bridgehead atoms. The van der Waals surface area contributed by atoms with E-state index in [4.69, 9.17) is 5.73 Å². The lowest BCUT2D eigenvalue weighted by atomic mass is 10.0. The summed E-state index contributed by atoms with van der Waals surface area (Å²) in [6.07, 6.45) is 4.24. The Balaban J connectivity index is 1.43. The average Bonchev–Trinajstić information content (AvgIpc) is 3.25. The van der Waals surface area contributed by atoms with E-state index in [0.29, 0.717) is 38.2 Å². The molecule has 2 aliphatic rings. The van der Waals surface area contributed by atoms with E-state index in [1.165, 1.54) is 0 Å². The Morgan fingerprint density at radius 1 is 1.29 bits per heavy atom. The molecule has 1 fully saturated rings. The Hall–Kier alpha value is -3.20. The van der Waals surface area contributed by atoms with Gasteiger partial charge in [0.1, 0.15) is 6.04 Å². The van der Waals surface area contributed by atoms with E-state index in [2.05, 4.69) is 15.7 Å². The highest BCUT2D eigenvalue weighted by molar-refractivity contribution is 6.05. The molecule has 4 rings (SSSR count). The maximum atomic E-state index is 12.8. The minimum Gasteiger partial charge on any atom is -0.378 e. The van der Waals surface area contributed by atoms with E-state index in [-0.39, 0.29) is 18.2 Å². The van der Waals surface area contributed by atoms with Gasteiger partial charge in [0.05, 0.1) is 18.4 Å². The first-order chi connectivity index (χ1) is 13.5. The summed E-state index contributed by atoms with van der Waals surface area (Å²) in [5.74, 6) is -0.843. The highest BCUT2D eigenvalue weighted by Crippen LogP contribution is 2.28. The largest absolute Gasteiger partial charge is 0.378 e. The lowest BCUT2D eigenvalue weighted by molar-refractivity contribution is -0.136. The summed E-state index contributed by atoms with van der Waals surface area (Å²) in [5.41, 5.74) is 8.87. The van der Waals surface area contributed by atoms with Crippen molar-refractivity contribution in [3.63, 3.8) is 0 Å². The summed E-state index contributed by atoms with van der Waals surface area (Å²) in [6.45, 7) is 2.12. The second-order valence-corrected chi connectivity index (χ2v) is 7.03. The van der Waals surface area contributed by atoms with Gasteiger partial charge < -0.3 is 16.0 Å². The van der Waals surface area contributed by atoms with E-state index in [1.807, 2.05) is 24.4 Å². The zero-order valence-corrected chi connectivity index (χ0v) is 15.4.